The molecule has 0 aliphatic heterocycles. The Hall–Kier alpha value is -3.88. The fourth-order valence-corrected chi connectivity index (χ4v) is 3.08. The highest BCUT2D eigenvalue weighted by atomic mass is 19.1. The molecule has 0 spiro atoms. The van der Waals surface area contributed by atoms with Crippen molar-refractivity contribution in [3.8, 4) is 11.5 Å². The molecule has 0 bridgehead atoms. The van der Waals surface area contributed by atoms with Gasteiger partial charge in [0, 0.05) is 24.2 Å². The average molecular weight is 455 g/mol. The molecule has 2 aromatic carbocycles. The van der Waals surface area contributed by atoms with Crippen LogP contribution in [-0.4, -0.2) is 37.2 Å². The van der Waals surface area contributed by atoms with E-state index in [0.29, 0.717) is 28.4 Å². The lowest BCUT2D eigenvalue weighted by Crippen LogP contribution is -2.34. The third-order valence-corrected chi connectivity index (χ3v) is 5.11. The van der Waals surface area contributed by atoms with Crippen LogP contribution in [0.2, 0.25) is 0 Å². The number of aryl methyl sites for hydroxylation is 3. The van der Waals surface area contributed by atoms with Crippen LogP contribution in [0.5, 0.6) is 11.5 Å². The predicted octanol–water partition coefficient (Wildman–Crippen LogP) is 3.49. The largest absolute Gasteiger partial charge is 0.493 e. The summed E-state index contributed by atoms with van der Waals surface area (Å²) in [6, 6.07) is 9.12. The SMILES string of the molecule is COc1cc(C(=O)NCCNC(=O)c2ccc(C)c(F)c2)ccc1OCc1c(C)noc1C. The van der Waals surface area contributed by atoms with Crippen LogP contribution < -0.4 is 20.1 Å². The minimum atomic E-state index is -0.441. The number of methoxy groups -OCH3 is 1. The number of rotatable bonds is 9. The molecule has 1 heterocycles. The maximum absolute atomic E-state index is 13.6. The van der Waals surface area contributed by atoms with E-state index in [1.807, 2.05) is 13.8 Å². The highest BCUT2D eigenvalue weighted by Gasteiger charge is 2.14. The lowest BCUT2D eigenvalue weighted by Gasteiger charge is -2.12. The Morgan fingerprint density at radius 2 is 1.61 bits per heavy atom. The smallest absolute Gasteiger partial charge is 0.251 e. The predicted molar refractivity (Wildman–Crippen MR) is 119 cm³/mol. The van der Waals surface area contributed by atoms with E-state index in [-0.39, 0.29) is 31.2 Å². The number of ether oxygens (including phenoxy) is 2. The van der Waals surface area contributed by atoms with E-state index in [2.05, 4.69) is 15.8 Å². The Balaban J connectivity index is 1.52. The first-order valence-corrected chi connectivity index (χ1v) is 10.3. The van der Waals surface area contributed by atoms with Crippen molar-refractivity contribution in [1.29, 1.82) is 0 Å². The maximum atomic E-state index is 13.6. The molecule has 8 nitrogen and oxygen atoms in total. The zero-order valence-electron chi connectivity index (χ0n) is 19.0. The van der Waals surface area contributed by atoms with Gasteiger partial charge in [0.15, 0.2) is 11.5 Å². The Bertz CT molecular complexity index is 1140. The molecule has 0 aliphatic carbocycles. The number of hydrogen-bond acceptors (Lipinski definition) is 6. The Kier molecular flexibility index (Phi) is 7.66. The van der Waals surface area contributed by atoms with Crippen molar-refractivity contribution in [1.82, 2.24) is 15.8 Å². The van der Waals surface area contributed by atoms with Crippen LogP contribution in [0.4, 0.5) is 4.39 Å². The molecular formula is C24H26FN3O5. The van der Waals surface area contributed by atoms with E-state index >= 15 is 0 Å². The van der Waals surface area contributed by atoms with Crippen molar-refractivity contribution in [2.45, 2.75) is 27.4 Å². The number of nitrogens with zero attached hydrogens (tertiary/aromatic N) is 1. The molecule has 9 heteroatoms. The molecule has 0 saturated heterocycles. The Morgan fingerprint density at radius 1 is 0.970 bits per heavy atom. The van der Waals surface area contributed by atoms with Gasteiger partial charge in [-0.2, -0.15) is 0 Å². The fourth-order valence-electron chi connectivity index (χ4n) is 3.08. The van der Waals surface area contributed by atoms with Crippen LogP contribution in [0.15, 0.2) is 40.9 Å². The molecule has 3 rings (SSSR count). The maximum Gasteiger partial charge on any atom is 0.251 e. The van der Waals surface area contributed by atoms with Crippen molar-refractivity contribution < 1.29 is 28.0 Å². The second kappa shape index (κ2) is 10.6. The summed E-state index contributed by atoms with van der Waals surface area (Å²) in [4.78, 5) is 24.6. The van der Waals surface area contributed by atoms with E-state index < -0.39 is 11.7 Å². The molecule has 33 heavy (non-hydrogen) atoms. The van der Waals surface area contributed by atoms with Gasteiger partial charge < -0.3 is 24.6 Å². The van der Waals surface area contributed by atoms with Gasteiger partial charge >= 0.3 is 0 Å². The zero-order chi connectivity index (χ0) is 24.0. The topological polar surface area (TPSA) is 103 Å². The molecule has 2 amide bonds. The molecular weight excluding hydrogens is 429 g/mol. The number of halogens is 1. The van der Waals surface area contributed by atoms with E-state index in [4.69, 9.17) is 14.0 Å². The third kappa shape index (κ3) is 5.88. The second-order valence-electron chi connectivity index (χ2n) is 7.43. The van der Waals surface area contributed by atoms with Gasteiger partial charge in [0.25, 0.3) is 11.8 Å². The summed E-state index contributed by atoms with van der Waals surface area (Å²) < 4.78 is 29.9. The van der Waals surface area contributed by atoms with Crippen molar-refractivity contribution in [3.63, 3.8) is 0 Å². The average Bonchev–Trinajstić information content (AvgIpc) is 3.13. The number of carbonyl (C=O) groups excluding carboxylic acids is 2. The molecule has 0 radical (unpaired) electrons. The summed E-state index contributed by atoms with van der Waals surface area (Å²) in [6.45, 7) is 5.92. The fraction of sp³-hybridized carbons (Fsp3) is 0.292. The van der Waals surface area contributed by atoms with Gasteiger partial charge in [-0.25, -0.2) is 4.39 Å². The lowest BCUT2D eigenvalue weighted by atomic mass is 10.1. The number of aromatic nitrogens is 1. The molecule has 174 valence electrons. The van der Waals surface area contributed by atoms with Crippen molar-refractivity contribution in [2.24, 2.45) is 0 Å². The van der Waals surface area contributed by atoms with E-state index in [1.165, 1.54) is 13.2 Å². The first kappa shape index (κ1) is 23.8. The van der Waals surface area contributed by atoms with Gasteiger partial charge in [-0.3, -0.25) is 9.59 Å². The van der Waals surface area contributed by atoms with Gasteiger partial charge in [-0.1, -0.05) is 11.2 Å². The Labute approximate surface area is 191 Å². The number of nitrogens with one attached hydrogen (secondary N) is 2. The molecule has 0 saturated carbocycles. The first-order chi connectivity index (χ1) is 15.8. The van der Waals surface area contributed by atoms with Crippen LogP contribution >= 0.6 is 0 Å². The van der Waals surface area contributed by atoms with Crippen LogP contribution in [0, 0.1) is 26.6 Å². The van der Waals surface area contributed by atoms with E-state index in [0.717, 1.165) is 11.3 Å². The van der Waals surface area contributed by atoms with Crippen molar-refractivity contribution in [2.75, 3.05) is 20.2 Å². The molecule has 1 aromatic heterocycles. The standard InChI is InChI=1S/C24H26FN3O5/c1-14-5-6-17(11-20(14)25)23(29)26-9-10-27-24(30)18-7-8-21(22(12-18)31-4)32-13-19-15(2)28-33-16(19)3/h5-8,11-12H,9-10,13H2,1-4H3,(H,26,29)(H,27,30). The normalized spacial score (nSPS) is 10.6. The summed E-state index contributed by atoms with van der Waals surface area (Å²) >= 11 is 0. The summed E-state index contributed by atoms with van der Waals surface area (Å²) in [5.41, 5.74) is 2.68. The number of benzene rings is 2. The second-order valence-corrected chi connectivity index (χ2v) is 7.43. The lowest BCUT2D eigenvalue weighted by molar-refractivity contribution is 0.0927. The van der Waals surface area contributed by atoms with Gasteiger partial charge in [-0.15, -0.1) is 0 Å². The molecule has 0 aliphatic rings. The minimum Gasteiger partial charge on any atom is -0.493 e. The molecule has 0 fully saturated rings. The van der Waals surface area contributed by atoms with Crippen molar-refractivity contribution in [3.05, 3.63) is 75.9 Å². The molecule has 0 unspecified atom stereocenters. The summed E-state index contributed by atoms with van der Waals surface area (Å²) in [7, 11) is 1.49. The number of hydrogen-bond donors (Lipinski definition) is 2. The van der Waals surface area contributed by atoms with Crippen molar-refractivity contribution >= 4 is 11.8 Å². The van der Waals surface area contributed by atoms with Gasteiger partial charge in [0.1, 0.15) is 18.2 Å². The van der Waals surface area contributed by atoms with E-state index in [9.17, 15) is 14.0 Å². The van der Waals surface area contributed by atoms with Crippen LogP contribution in [0.3, 0.4) is 0 Å². The number of carbonyl (C=O) groups is 2. The summed E-state index contributed by atoms with van der Waals surface area (Å²) in [5, 5.41) is 9.26. The monoisotopic (exact) mass is 455 g/mol. The molecule has 3 aromatic rings. The van der Waals surface area contributed by atoms with Crippen LogP contribution in [-0.2, 0) is 6.61 Å². The zero-order valence-corrected chi connectivity index (χ0v) is 19.0. The van der Waals surface area contributed by atoms with Crippen LogP contribution in [0.25, 0.3) is 0 Å². The highest BCUT2D eigenvalue weighted by molar-refractivity contribution is 5.95. The van der Waals surface area contributed by atoms with Crippen LogP contribution in [0.1, 0.15) is 43.3 Å². The van der Waals surface area contributed by atoms with E-state index in [1.54, 1.807) is 37.3 Å². The first-order valence-electron chi connectivity index (χ1n) is 10.3. The Morgan fingerprint density at radius 3 is 2.18 bits per heavy atom. The minimum absolute atomic E-state index is 0.190. The van der Waals surface area contributed by atoms with Gasteiger partial charge in [0.05, 0.1) is 18.4 Å². The molecule has 0 atom stereocenters. The summed E-state index contributed by atoms with van der Waals surface area (Å²) in [5.74, 6) is 0.382. The van der Waals surface area contributed by atoms with Gasteiger partial charge in [-0.05, 0) is 56.7 Å². The highest BCUT2D eigenvalue weighted by Crippen LogP contribution is 2.29. The quantitative estimate of drug-likeness (QED) is 0.479. The summed E-state index contributed by atoms with van der Waals surface area (Å²) in [6.07, 6.45) is 0. The number of amides is 2. The third-order valence-electron chi connectivity index (χ3n) is 5.11. The van der Waals surface area contributed by atoms with Gasteiger partial charge in [0.2, 0.25) is 0 Å². The molecule has 2 N–H and O–H groups in total.